The minimum absolute atomic E-state index is 0.0485. The summed E-state index contributed by atoms with van der Waals surface area (Å²) >= 11 is 0. The first kappa shape index (κ1) is 16.2. The van der Waals surface area contributed by atoms with Crippen LogP contribution in [0, 0.1) is 0 Å². The highest BCUT2D eigenvalue weighted by Crippen LogP contribution is 2.23. The summed E-state index contributed by atoms with van der Waals surface area (Å²) in [6.07, 6.45) is 1.81. The average molecular weight is 322 g/mol. The van der Waals surface area contributed by atoms with Gasteiger partial charge in [0.05, 0.1) is 11.7 Å². The molecule has 0 bridgehead atoms. The molecule has 3 rings (SSSR count). The average Bonchev–Trinajstić information content (AvgIpc) is 3.06. The predicted molar refractivity (Wildman–Crippen MR) is 97.0 cm³/mol. The molecule has 0 aliphatic rings. The molecule has 0 atom stereocenters. The minimum Gasteiger partial charge on any atom is -0.340 e. The van der Waals surface area contributed by atoms with Crippen molar-refractivity contribution in [1.29, 1.82) is 0 Å². The molecule has 1 amide bonds. The summed E-state index contributed by atoms with van der Waals surface area (Å²) in [6, 6.07) is 13.9. The van der Waals surface area contributed by atoms with Gasteiger partial charge in [-0.2, -0.15) is 5.10 Å². The summed E-state index contributed by atoms with van der Waals surface area (Å²) in [7, 11) is 5.85. The van der Waals surface area contributed by atoms with Gasteiger partial charge in [0.15, 0.2) is 0 Å². The van der Waals surface area contributed by atoms with E-state index in [1.165, 1.54) is 0 Å². The second kappa shape index (κ2) is 6.84. The summed E-state index contributed by atoms with van der Waals surface area (Å²) in [4.78, 5) is 16.3. The highest BCUT2D eigenvalue weighted by Gasteiger charge is 2.12. The largest absolute Gasteiger partial charge is 0.340 e. The van der Waals surface area contributed by atoms with Crippen molar-refractivity contribution in [3.8, 4) is 11.1 Å². The number of carbonyl (C=O) groups is 1. The third-order valence-corrected chi connectivity index (χ3v) is 4.14. The van der Waals surface area contributed by atoms with Crippen LogP contribution < -0.4 is 0 Å². The third kappa shape index (κ3) is 3.46. The molecule has 1 heterocycles. The first-order chi connectivity index (χ1) is 11.5. The van der Waals surface area contributed by atoms with Gasteiger partial charge in [0.2, 0.25) is 0 Å². The van der Waals surface area contributed by atoms with E-state index in [1.807, 2.05) is 57.7 Å². The van der Waals surface area contributed by atoms with Crippen LogP contribution in [-0.2, 0) is 0 Å². The molecule has 0 saturated carbocycles. The number of hydrogen-bond donors (Lipinski definition) is 1. The maximum Gasteiger partial charge on any atom is 0.253 e. The zero-order valence-electron chi connectivity index (χ0n) is 14.3. The maximum absolute atomic E-state index is 12.4. The highest BCUT2D eigenvalue weighted by atomic mass is 16.2. The van der Waals surface area contributed by atoms with E-state index >= 15 is 0 Å². The lowest BCUT2D eigenvalue weighted by molar-refractivity contribution is 0.0786. The van der Waals surface area contributed by atoms with Crippen LogP contribution in [0.5, 0.6) is 0 Å². The van der Waals surface area contributed by atoms with Crippen molar-refractivity contribution in [2.75, 3.05) is 34.2 Å². The number of amides is 1. The molecule has 124 valence electrons. The lowest BCUT2D eigenvalue weighted by atomic mass is 10.0. The fourth-order valence-corrected chi connectivity index (χ4v) is 2.59. The number of aromatic nitrogens is 2. The number of nitrogens with zero attached hydrogens (tertiary/aromatic N) is 3. The van der Waals surface area contributed by atoms with Crippen molar-refractivity contribution in [2.24, 2.45) is 0 Å². The van der Waals surface area contributed by atoms with Gasteiger partial charge in [-0.05, 0) is 43.4 Å². The van der Waals surface area contributed by atoms with Gasteiger partial charge in [-0.25, -0.2) is 0 Å². The number of benzene rings is 2. The number of likely N-dealkylation sites (N-methyl/N-ethyl adjacent to an activating group) is 2. The van der Waals surface area contributed by atoms with Gasteiger partial charge in [-0.15, -0.1) is 0 Å². The van der Waals surface area contributed by atoms with Gasteiger partial charge in [-0.3, -0.25) is 9.89 Å². The molecule has 0 fully saturated rings. The SMILES string of the molecule is CN(C)CCN(C)C(=O)c1ccc(-c2ccc3cn[nH]c3c2)cc1. The fourth-order valence-electron chi connectivity index (χ4n) is 2.59. The van der Waals surface area contributed by atoms with Crippen molar-refractivity contribution in [3.05, 3.63) is 54.2 Å². The van der Waals surface area contributed by atoms with Crippen LogP contribution >= 0.6 is 0 Å². The molecule has 0 radical (unpaired) electrons. The minimum atomic E-state index is 0.0485. The van der Waals surface area contributed by atoms with E-state index < -0.39 is 0 Å². The Hall–Kier alpha value is -2.66. The summed E-state index contributed by atoms with van der Waals surface area (Å²) in [5, 5.41) is 8.12. The standard InChI is InChI=1S/C19H22N4O/c1-22(2)10-11-23(3)19(24)15-6-4-14(5-7-15)16-8-9-17-13-20-21-18(17)12-16/h4-9,12-13H,10-11H2,1-3H3,(H,20,21). The number of rotatable bonds is 5. The van der Waals surface area contributed by atoms with E-state index in [0.717, 1.165) is 28.6 Å². The van der Waals surface area contributed by atoms with E-state index in [9.17, 15) is 4.79 Å². The second-order valence-corrected chi connectivity index (χ2v) is 6.28. The third-order valence-electron chi connectivity index (χ3n) is 4.14. The van der Waals surface area contributed by atoms with E-state index in [1.54, 1.807) is 4.90 Å². The molecule has 1 aromatic heterocycles. The number of hydrogen-bond acceptors (Lipinski definition) is 3. The van der Waals surface area contributed by atoms with Gasteiger partial charge in [0.1, 0.15) is 0 Å². The number of H-pyrrole nitrogens is 1. The lowest BCUT2D eigenvalue weighted by Crippen LogP contribution is -2.33. The van der Waals surface area contributed by atoms with Crippen molar-refractivity contribution in [2.45, 2.75) is 0 Å². The van der Waals surface area contributed by atoms with Gasteiger partial charge in [-0.1, -0.05) is 24.3 Å². The maximum atomic E-state index is 12.4. The van der Waals surface area contributed by atoms with E-state index in [0.29, 0.717) is 12.1 Å². The predicted octanol–water partition coefficient (Wildman–Crippen LogP) is 2.86. The zero-order chi connectivity index (χ0) is 17.1. The van der Waals surface area contributed by atoms with Crippen LogP contribution in [0.4, 0.5) is 0 Å². The topological polar surface area (TPSA) is 52.2 Å². The molecule has 3 aromatic rings. The molecule has 2 aromatic carbocycles. The highest BCUT2D eigenvalue weighted by molar-refractivity contribution is 5.94. The van der Waals surface area contributed by atoms with Crippen molar-refractivity contribution in [3.63, 3.8) is 0 Å². The molecule has 0 saturated heterocycles. The molecule has 0 unspecified atom stereocenters. The van der Waals surface area contributed by atoms with Crippen molar-refractivity contribution >= 4 is 16.8 Å². The Bertz CT molecular complexity index is 836. The summed E-state index contributed by atoms with van der Waals surface area (Å²) in [6.45, 7) is 1.56. The van der Waals surface area contributed by atoms with Crippen LogP contribution in [0.1, 0.15) is 10.4 Å². The first-order valence-electron chi connectivity index (χ1n) is 7.98. The van der Waals surface area contributed by atoms with Crippen molar-refractivity contribution in [1.82, 2.24) is 20.0 Å². The van der Waals surface area contributed by atoms with Crippen LogP contribution in [0.25, 0.3) is 22.0 Å². The fraction of sp³-hybridized carbons (Fsp3) is 0.263. The molecule has 24 heavy (non-hydrogen) atoms. The Labute approximate surface area is 141 Å². The Morgan fingerprint density at radius 1 is 1.00 bits per heavy atom. The summed E-state index contributed by atoms with van der Waals surface area (Å²) in [5.41, 5.74) is 3.91. The van der Waals surface area contributed by atoms with E-state index in [-0.39, 0.29) is 5.91 Å². The number of aromatic amines is 1. The molecule has 0 aliphatic heterocycles. The number of fused-ring (bicyclic) bond motifs is 1. The Balaban J connectivity index is 1.76. The monoisotopic (exact) mass is 322 g/mol. The summed E-state index contributed by atoms with van der Waals surface area (Å²) < 4.78 is 0. The number of carbonyl (C=O) groups excluding carboxylic acids is 1. The molecule has 1 N–H and O–H groups in total. The van der Waals surface area contributed by atoms with Gasteiger partial charge in [0.25, 0.3) is 5.91 Å². The molecule has 0 spiro atoms. The Morgan fingerprint density at radius 3 is 2.42 bits per heavy atom. The van der Waals surface area contributed by atoms with Crippen LogP contribution in [-0.4, -0.2) is 60.1 Å². The molecular weight excluding hydrogens is 300 g/mol. The van der Waals surface area contributed by atoms with Crippen LogP contribution in [0.2, 0.25) is 0 Å². The van der Waals surface area contributed by atoms with Gasteiger partial charge >= 0.3 is 0 Å². The Kier molecular flexibility index (Phi) is 4.62. The normalized spacial score (nSPS) is 11.2. The molecule has 5 heteroatoms. The zero-order valence-corrected chi connectivity index (χ0v) is 14.3. The van der Waals surface area contributed by atoms with Gasteiger partial charge < -0.3 is 9.80 Å². The Morgan fingerprint density at radius 2 is 1.71 bits per heavy atom. The summed E-state index contributed by atoms with van der Waals surface area (Å²) in [5.74, 6) is 0.0485. The van der Waals surface area contributed by atoms with Crippen LogP contribution in [0.3, 0.4) is 0 Å². The quantitative estimate of drug-likeness (QED) is 0.786. The second-order valence-electron chi connectivity index (χ2n) is 6.28. The van der Waals surface area contributed by atoms with E-state index in [4.69, 9.17) is 0 Å². The number of nitrogens with one attached hydrogen (secondary N) is 1. The van der Waals surface area contributed by atoms with E-state index in [2.05, 4.69) is 27.2 Å². The van der Waals surface area contributed by atoms with Crippen molar-refractivity contribution < 1.29 is 4.79 Å². The smallest absolute Gasteiger partial charge is 0.253 e. The molecular formula is C19H22N4O. The lowest BCUT2D eigenvalue weighted by Gasteiger charge is -2.19. The van der Waals surface area contributed by atoms with Crippen LogP contribution in [0.15, 0.2) is 48.7 Å². The molecule has 0 aliphatic carbocycles. The first-order valence-corrected chi connectivity index (χ1v) is 7.98. The molecule has 5 nitrogen and oxygen atoms in total. The van der Waals surface area contributed by atoms with Gasteiger partial charge in [0, 0.05) is 31.1 Å².